The van der Waals surface area contributed by atoms with Crippen molar-refractivity contribution in [2.75, 3.05) is 13.1 Å². The number of hydrogen-bond acceptors (Lipinski definition) is 2. The second-order valence-electron chi connectivity index (χ2n) is 4.25. The van der Waals surface area contributed by atoms with E-state index >= 15 is 0 Å². The first-order valence-electron chi connectivity index (χ1n) is 4.34. The highest BCUT2D eigenvalue weighted by atomic mass is 16.3. The van der Waals surface area contributed by atoms with Gasteiger partial charge in [0.2, 0.25) is 0 Å². The highest BCUT2D eigenvalue weighted by Crippen LogP contribution is 2.09. The topological polar surface area (TPSA) is 32.3 Å². The summed E-state index contributed by atoms with van der Waals surface area (Å²) in [5, 5.41) is 12.4. The van der Waals surface area contributed by atoms with Gasteiger partial charge in [0.15, 0.2) is 0 Å². The van der Waals surface area contributed by atoms with E-state index in [1.807, 2.05) is 6.92 Å². The maximum atomic E-state index is 9.19. The third kappa shape index (κ3) is 7.82. The Morgan fingerprint density at radius 1 is 1.36 bits per heavy atom. The SMILES string of the molecule is CCC(O)CNCC(C)(C)C. The molecule has 0 heterocycles. The lowest BCUT2D eigenvalue weighted by molar-refractivity contribution is 0.163. The zero-order chi connectivity index (χ0) is 8.91. The van der Waals surface area contributed by atoms with Gasteiger partial charge in [-0.25, -0.2) is 0 Å². The lowest BCUT2D eigenvalue weighted by Crippen LogP contribution is -2.33. The van der Waals surface area contributed by atoms with Crippen molar-refractivity contribution in [3.8, 4) is 0 Å². The summed E-state index contributed by atoms with van der Waals surface area (Å²) < 4.78 is 0. The van der Waals surface area contributed by atoms with E-state index in [1.165, 1.54) is 0 Å². The van der Waals surface area contributed by atoms with Crippen LogP contribution in [-0.4, -0.2) is 24.3 Å². The van der Waals surface area contributed by atoms with Crippen LogP contribution in [0.15, 0.2) is 0 Å². The minimum atomic E-state index is -0.183. The minimum Gasteiger partial charge on any atom is -0.392 e. The summed E-state index contributed by atoms with van der Waals surface area (Å²) in [6.07, 6.45) is 0.647. The van der Waals surface area contributed by atoms with Crippen LogP contribution in [0.5, 0.6) is 0 Å². The molecule has 0 amide bonds. The molecule has 0 bridgehead atoms. The molecule has 2 N–H and O–H groups in total. The standard InChI is InChI=1S/C9H21NO/c1-5-8(11)6-10-7-9(2,3)4/h8,10-11H,5-7H2,1-4H3. The Morgan fingerprint density at radius 3 is 2.27 bits per heavy atom. The van der Waals surface area contributed by atoms with Crippen LogP contribution in [0.4, 0.5) is 0 Å². The summed E-state index contributed by atoms with van der Waals surface area (Å²) in [6, 6.07) is 0. The van der Waals surface area contributed by atoms with E-state index in [1.54, 1.807) is 0 Å². The second-order valence-corrected chi connectivity index (χ2v) is 4.25. The van der Waals surface area contributed by atoms with Crippen LogP contribution in [0.3, 0.4) is 0 Å². The third-order valence-corrected chi connectivity index (χ3v) is 1.51. The molecule has 0 aliphatic carbocycles. The molecule has 0 radical (unpaired) electrons. The first-order valence-corrected chi connectivity index (χ1v) is 4.34. The first kappa shape index (κ1) is 10.9. The van der Waals surface area contributed by atoms with Crippen LogP contribution >= 0.6 is 0 Å². The Balaban J connectivity index is 3.28. The molecule has 0 aliphatic heterocycles. The summed E-state index contributed by atoms with van der Waals surface area (Å²) in [5.41, 5.74) is 0.313. The lowest BCUT2D eigenvalue weighted by atomic mass is 9.97. The van der Waals surface area contributed by atoms with Crippen molar-refractivity contribution in [2.24, 2.45) is 5.41 Å². The second kappa shape index (κ2) is 4.73. The Kier molecular flexibility index (Phi) is 4.69. The fourth-order valence-electron chi connectivity index (χ4n) is 0.758. The number of rotatable bonds is 4. The molecule has 0 aliphatic rings. The number of nitrogens with one attached hydrogen (secondary N) is 1. The van der Waals surface area contributed by atoms with Crippen molar-refractivity contribution in [2.45, 2.75) is 40.2 Å². The summed E-state index contributed by atoms with van der Waals surface area (Å²) >= 11 is 0. The van der Waals surface area contributed by atoms with Crippen molar-refractivity contribution in [1.82, 2.24) is 5.32 Å². The summed E-state index contributed by atoms with van der Waals surface area (Å²) in [5.74, 6) is 0. The molecule has 0 fully saturated rings. The number of hydrogen-bond donors (Lipinski definition) is 2. The summed E-state index contributed by atoms with van der Waals surface area (Å²) in [6.45, 7) is 10.2. The number of aliphatic hydroxyl groups excluding tert-OH is 1. The molecule has 0 aromatic rings. The highest BCUT2D eigenvalue weighted by molar-refractivity contribution is 4.66. The molecule has 0 aromatic heterocycles. The van der Waals surface area contributed by atoms with Gasteiger partial charge in [-0.2, -0.15) is 0 Å². The van der Waals surface area contributed by atoms with Gasteiger partial charge < -0.3 is 10.4 Å². The van der Waals surface area contributed by atoms with Crippen LogP contribution in [-0.2, 0) is 0 Å². The molecule has 11 heavy (non-hydrogen) atoms. The van der Waals surface area contributed by atoms with Crippen molar-refractivity contribution in [1.29, 1.82) is 0 Å². The van der Waals surface area contributed by atoms with Crippen molar-refractivity contribution in [3.05, 3.63) is 0 Å². The van der Waals surface area contributed by atoms with Gasteiger partial charge >= 0.3 is 0 Å². The van der Waals surface area contributed by atoms with Crippen molar-refractivity contribution >= 4 is 0 Å². The third-order valence-electron chi connectivity index (χ3n) is 1.51. The van der Waals surface area contributed by atoms with Crippen LogP contribution in [0.25, 0.3) is 0 Å². The normalized spacial score (nSPS) is 15.0. The predicted octanol–water partition coefficient (Wildman–Crippen LogP) is 1.39. The van der Waals surface area contributed by atoms with Crippen molar-refractivity contribution in [3.63, 3.8) is 0 Å². The van der Waals surface area contributed by atoms with Crippen molar-refractivity contribution < 1.29 is 5.11 Å². The summed E-state index contributed by atoms with van der Waals surface area (Å²) in [4.78, 5) is 0. The molecule has 0 aromatic carbocycles. The van der Waals surface area contributed by atoms with E-state index in [4.69, 9.17) is 0 Å². The average Bonchev–Trinajstić information content (AvgIpc) is 1.85. The molecule has 2 heteroatoms. The molecule has 68 valence electrons. The Bertz CT molecular complexity index is 96.2. The van der Waals surface area contributed by atoms with Gasteiger partial charge in [0, 0.05) is 13.1 Å². The van der Waals surface area contributed by atoms with Crippen LogP contribution in [0.1, 0.15) is 34.1 Å². The molecule has 0 saturated carbocycles. The fourth-order valence-corrected chi connectivity index (χ4v) is 0.758. The largest absolute Gasteiger partial charge is 0.392 e. The van der Waals surface area contributed by atoms with Gasteiger partial charge in [0.05, 0.1) is 6.10 Å². The maximum absolute atomic E-state index is 9.19. The van der Waals surface area contributed by atoms with Crippen LogP contribution in [0.2, 0.25) is 0 Å². The minimum absolute atomic E-state index is 0.183. The Labute approximate surface area is 70.0 Å². The maximum Gasteiger partial charge on any atom is 0.0662 e. The van der Waals surface area contributed by atoms with E-state index < -0.39 is 0 Å². The van der Waals surface area contributed by atoms with Crippen LogP contribution in [0, 0.1) is 5.41 Å². The van der Waals surface area contributed by atoms with Gasteiger partial charge in [0.1, 0.15) is 0 Å². The number of aliphatic hydroxyl groups is 1. The van der Waals surface area contributed by atoms with Gasteiger partial charge in [0.25, 0.3) is 0 Å². The Hall–Kier alpha value is -0.0800. The first-order chi connectivity index (χ1) is 4.95. The Morgan fingerprint density at radius 2 is 1.91 bits per heavy atom. The fraction of sp³-hybridized carbons (Fsp3) is 1.00. The zero-order valence-electron chi connectivity index (χ0n) is 8.15. The highest BCUT2D eigenvalue weighted by Gasteiger charge is 2.09. The van der Waals surface area contributed by atoms with Gasteiger partial charge in [-0.05, 0) is 11.8 Å². The van der Waals surface area contributed by atoms with E-state index in [2.05, 4.69) is 26.1 Å². The average molecular weight is 159 g/mol. The van der Waals surface area contributed by atoms with E-state index in [0.717, 1.165) is 13.0 Å². The molecule has 0 rings (SSSR count). The molecular formula is C9H21NO. The molecule has 0 spiro atoms. The quantitative estimate of drug-likeness (QED) is 0.649. The van der Waals surface area contributed by atoms with E-state index in [9.17, 15) is 5.11 Å². The smallest absolute Gasteiger partial charge is 0.0662 e. The van der Waals surface area contributed by atoms with Crippen LogP contribution < -0.4 is 5.32 Å². The summed E-state index contributed by atoms with van der Waals surface area (Å²) in [7, 11) is 0. The van der Waals surface area contributed by atoms with E-state index in [0.29, 0.717) is 12.0 Å². The predicted molar refractivity (Wildman–Crippen MR) is 48.6 cm³/mol. The van der Waals surface area contributed by atoms with E-state index in [-0.39, 0.29) is 6.10 Å². The molecule has 2 nitrogen and oxygen atoms in total. The zero-order valence-corrected chi connectivity index (χ0v) is 8.15. The van der Waals surface area contributed by atoms with Gasteiger partial charge in [-0.3, -0.25) is 0 Å². The molecule has 1 unspecified atom stereocenters. The van der Waals surface area contributed by atoms with Gasteiger partial charge in [-0.1, -0.05) is 27.7 Å². The monoisotopic (exact) mass is 159 g/mol. The molecular weight excluding hydrogens is 138 g/mol. The molecule has 1 atom stereocenters. The van der Waals surface area contributed by atoms with Gasteiger partial charge in [-0.15, -0.1) is 0 Å². The molecule has 0 saturated heterocycles. The lowest BCUT2D eigenvalue weighted by Gasteiger charge is -2.19.